The average molecular weight is 208 g/mol. The van der Waals surface area contributed by atoms with E-state index < -0.39 is 0 Å². The molecule has 1 aliphatic rings. The molecule has 0 unspecified atom stereocenters. The second kappa shape index (κ2) is 4.10. The maximum atomic E-state index is 11.6. The molecule has 5 nitrogen and oxygen atoms in total. The fourth-order valence-corrected chi connectivity index (χ4v) is 1.65. The first kappa shape index (κ1) is 10.3. The molecule has 0 spiro atoms. The summed E-state index contributed by atoms with van der Waals surface area (Å²) in [6.45, 7) is 6.93. The van der Waals surface area contributed by atoms with E-state index in [-0.39, 0.29) is 5.92 Å². The van der Waals surface area contributed by atoms with E-state index >= 15 is 0 Å². The normalized spacial score (nSPS) is 16.7. The Kier molecular flexibility index (Phi) is 2.81. The van der Waals surface area contributed by atoms with E-state index in [1.54, 1.807) is 6.33 Å². The van der Waals surface area contributed by atoms with Crippen molar-refractivity contribution in [2.75, 3.05) is 13.1 Å². The Hall–Kier alpha value is -1.23. The van der Waals surface area contributed by atoms with Gasteiger partial charge in [0.05, 0.1) is 13.1 Å². The summed E-state index contributed by atoms with van der Waals surface area (Å²) < 4.78 is 2.04. The van der Waals surface area contributed by atoms with Crippen LogP contribution in [0.3, 0.4) is 0 Å². The lowest BCUT2D eigenvalue weighted by atomic mass is 10.1. The van der Waals surface area contributed by atoms with Crippen LogP contribution in [0.5, 0.6) is 0 Å². The minimum atomic E-state index is 0.116. The summed E-state index contributed by atoms with van der Waals surface area (Å²) in [5.41, 5.74) is 0. The van der Waals surface area contributed by atoms with Crippen LogP contribution >= 0.6 is 0 Å². The lowest BCUT2D eigenvalue weighted by Gasteiger charge is -2.26. The molecule has 0 aromatic carbocycles. The maximum Gasteiger partial charge on any atom is 0.149 e. The van der Waals surface area contributed by atoms with Crippen molar-refractivity contribution in [2.45, 2.75) is 26.9 Å². The van der Waals surface area contributed by atoms with Gasteiger partial charge in [-0.05, 0) is 0 Å². The number of hydrogen-bond acceptors (Lipinski definition) is 4. The van der Waals surface area contributed by atoms with Gasteiger partial charge in [0, 0.05) is 19.0 Å². The third-order valence-electron chi connectivity index (χ3n) is 2.74. The summed E-state index contributed by atoms with van der Waals surface area (Å²) in [6.07, 6.45) is 1.75. The second-order valence-electron chi connectivity index (χ2n) is 4.27. The van der Waals surface area contributed by atoms with Gasteiger partial charge in [-0.3, -0.25) is 9.69 Å². The molecule has 2 heterocycles. The fraction of sp³-hybridized carbons (Fsp3) is 0.700. The molecule has 0 saturated heterocycles. The summed E-state index contributed by atoms with van der Waals surface area (Å²) in [5.74, 6) is 1.37. The third-order valence-corrected chi connectivity index (χ3v) is 2.74. The fourth-order valence-electron chi connectivity index (χ4n) is 1.65. The lowest BCUT2D eigenvalue weighted by molar-refractivity contribution is -0.123. The van der Waals surface area contributed by atoms with Crippen molar-refractivity contribution in [1.82, 2.24) is 19.7 Å². The number of carbonyl (C=O) groups is 1. The molecule has 1 aliphatic heterocycles. The number of Topliss-reactive ketones (excluding diaryl/α,β-unsaturated/α-hetero) is 1. The summed E-state index contributed by atoms with van der Waals surface area (Å²) in [4.78, 5) is 13.7. The molecular weight excluding hydrogens is 192 g/mol. The van der Waals surface area contributed by atoms with Crippen molar-refractivity contribution in [2.24, 2.45) is 5.92 Å². The maximum absolute atomic E-state index is 11.6. The van der Waals surface area contributed by atoms with Crippen LogP contribution in [-0.4, -0.2) is 38.5 Å². The highest BCUT2D eigenvalue weighted by Crippen LogP contribution is 2.09. The van der Waals surface area contributed by atoms with Gasteiger partial charge in [-0.1, -0.05) is 13.8 Å². The monoisotopic (exact) mass is 208 g/mol. The van der Waals surface area contributed by atoms with Crippen LogP contribution in [-0.2, 0) is 17.9 Å². The van der Waals surface area contributed by atoms with Crippen molar-refractivity contribution in [3.8, 4) is 0 Å². The first-order chi connectivity index (χ1) is 7.16. The predicted molar refractivity (Wildman–Crippen MR) is 55.1 cm³/mol. The van der Waals surface area contributed by atoms with Gasteiger partial charge in [0.15, 0.2) is 0 Å². The first-order valence-electron chi connectivity index (χ1n) is 5.28. The average Bonchev–Trinajstić information content (AvgIpc) is 2.64. The van der Waals surface area contributed by atoms with Gasteiger partial charge in [-0.2, -0.15) is 0 Å². The molecule has 82 valence electrons. The van der Waals surface area contributed by atoms with Gasteiger partial charge in [-0.15, -0.1) is 10.2 Å². The molecule has 0 fully saturated rings. The van der Waals surface area contributed by atoms with Crippen molar-refractivity contribution in [3.05, 3.63) is 12.2 Å². The van der Waals surface area contributed by atoms with E-state index in [9.17, 15) is 4.79 Å². The number of fused-ring (bicyclic) bond motifs is 1. The standard InChI is InChI=1S/C10H16N4O/c1-8(2)9(15)5-13-3-4-14-7-11-12-10(14)6-13/h7-8H,3-6H2,1-2H3. The molecule has 0 amide bonds. The zero-order valence-electron chi connectivity index (χ0n) is 9.18. The van der Waals surface area contributed by atoms with E-state index in [0.717, 1.165) is 25.5 Å². The number of nitrogens with zero attached hydrogens (tertiary/aromatic N) is 4. The molecule has 5 heteroatoms. The number of rotatable bonds is 3. The van der Waals surface area contributed by atoms with Crippen LogP contribution in [0.25, 0.3) is 0 Å². The first-order valence-corrected chi connectivity index (χ1v) is 5.28. The molecule has 0 aliphatic carbocycles. The summed E-state index contributed by atoms with van der Waals surface area (Å²) in [6, 6.07) is 0. The van der Waals surface area contributed by atoms with Crippen molar-refractivity contribution >= 4 is 5.78 Å². The van der Waals surface area contributed by atoms with Gasteiger partial charge in [0.2, 0.25) is 0 Å². The Balaban J connectivity index is 1.96. The highest BCUT2D eigenvalue weighted by molar-refractivity contribution is 5.82. The van der Waals surface area contributed by atoms with Gasteiger partial charge in [0.1, 0.15) is 17.9 Å². The van der Waals surface area contributed by atoms with Crippen LogP contribution in [0.15, 0.2) is 6.33 Å². The molecule has 15 heavy (non-hydrogen) atoms. The number of ketones is 1. The molecular formula is C10H16N4O. The van der Waals surface area contributed by atoms with E-state index in [0.29, 0.717) is 12.3 Å². The molecule has 1 aromatic rings. The zero-order valence-corrected chi connectivity index (χ0v) is 9.18. The summed E-state index contributed by atoms with van der Waals surface area (Å²) >= 11 is 0. The minimum absolute atomic E-state index is 0.116. The Bertz CT molecular complexity index is 358. The molecule has 0 bridgehead atoms. The van der Waals surface area contributed by atoms with E-state index in [4.69, 9.17) is 0 Å². The van der Waals surface area contributed by atoms with Gasteiger partial charge < -0.3 is 4.57 Å². The molecule has 0 radical (unpaired) electrons. The molecule has 0 atom stereocenters. The molecule has 1 aromatic heterocycles. The summed E-state index contributed by atoms with van der Waals surface area (Å²) in [7, 11) is 0. The van der Waals surface area contributed by atoms with E-state index in [1.807, 2.05) is 18.4 Å². The van der Waals surface area contributed by atoms with Gasteiger partial charge in [-0.25, -0.2) is 0 Å². The minimum Gasteiger partial charge on any atom is -0.315 e. The number of aromatic nitrogens is 3. The van der Waals surface area contributed by atoms with Crippen molar-refractivity contribution < 1.29 is 4.79 Å². The van der Waals surface area contributed by atoms with Crippen molar-refractivity contribution in [3.63, 3.8) is 0 Å². The summed E-state index contributed by atoms with van der Waals surface area (Å²) in [5, 5.41) is 7.87. The number of hydrogen-bond donors (Lipinski definition) is 0. The molecule has 2 rings (SSSR count). The van der Waals surface area contributed by atoms with E-state index in [1.165, 1.54) is 0 Å². The zero-order chi connectivity index (χ0) is 10.8. The Morgan fingerprint density at radius 3 is 3.07 bits per heavy atom. The Morgan fingerprint density at radius 1 is 1.53 bits per heavy atom. The largest absolute Gasteiger partial charge is 0.315 e. The second-order valence-corrected chi connectivity index (χ2v) is 4.27. The number of carbonyl (C=O) groups excluding carboxylic acids is 1. The van der Waals surface area contributed by atoms with Gasteiger partial charge in [0.25, 0.3) is 0 Å². The van der Waals surface area contributed by atoms with Crippen LogP contribution in [0.4, 0.5) is 0 Å². The third kappa shape index (κ3) is 2.23. The SMILES string of the molecule is CC(C)C(=O)CN1CCn2cnnc2C1. The van der Waals surface area contributed by atoms with Crippen molar-refractivity contribution in [1.29, 1.82) is 0 Å². The smallest absolute Gasteiger partial charge is 0.149 e. The van der Waals surface area contributed by atoms with E-state index in [2.05, 4.69) is 15.1 Å². The van der Waals surface area contributed by atoms with Crippen LogP contribution in [0.1, 0.15) is 19.7 Å². The van der Waals surface area contributed by atoms with Crippen LogP contribution < -0.4 is 0 Å². The molecule has 0 saturated carbocycles. The Labute approximate surface area is 89.1 Å². The van der Waals surface area contributed by atoms with Crippen LogP contribution in [0.2, 0.25) is 0 Å². The lowest BCUT2D eigenvalue weighted by Crippen LogP contribution is -2.38. The topological polar surface area (TPSA) is 51.0 Å². The van der Waals surface area contributed by atoms with Gasteiger partial charge >= 0.3 is 0 Å². The van der Waals surface area contributed by atoms with Crippen LogP contribution in [0, 0.1) is 5.92 Å². The quantitative estimate of drug-likeness (QED) is 0.717. The highest BCUT2D eigenvalue weighted by Gasteiger charge is 2.20. The Morgan fingerprint density at radius 2 is 2.33 bits per heavy atom. The highest BCUT2D eigenvalue weighted by atomic mass is 16.1. The predicted octanol–water partition coefficient (Wildman–Crippen LogP) is 0.319. The molecule has 0 N–H and O–H groups in total.